The molecule has 0 unspecified atom stereocenters. The highest BCUT2D eigenvalue weighted by atomic mass is 16.2. The second-order valence-corrected chi connectivity index (χ2v) is 7.33. The van der Waals surface area contributed by atoms with Gasteiger partial charge in [0.25, 0.3) is 17.0 Å². The Morgan fingerprint density at radius 1 is 0.939 bits per heavy atom. The lowest BCUT2D eigenvalue weighted by Crippen LogP contribution is -2.31. The molecule has 3 N–H and O–H groups in total. The Kier molecular flexibility index (Phi) is 6.40. The average Bonchev–Trinajstić information content (AvgIpc) is 2.84. The quantitative estimate of drug-likeness (QED) is 0.403. The van der Waals surface area contributed by atoms with Crippen LogP contribution >= 0.6 is 0 Å². The van der Waals surface area contributed by atoms with Gasteiger partial charge in [0.1, 0.15) is 0 Å². The zero-order valence-corrected chi connectivity index (χ0v) is 17.6. The van der Waals surface area contributed by atoms with E-state index in [0.717, 1.165) is 10.4 Å². The molecule has 9 nitrogen and oxygen atoms in total. The zero-order chi connectivity index (χ0) is 23.2. The molecule has 0 fully saturated rings. The van der Waals surface area contributed by atoms with Crippen LogP contribution < -0.4 is 21.8 Å². The molecule has 0 atom stereocenters. The van der Waals surface area contributed by atoms with Gasteiger partial charge in [-0.15, -0.1) is 0 Å². The Balaban J connectivity index is 1.38. The Labute approximate surface area is 188 Å². The van der Waals surface area contributed by atoms with E-state index < -0.39 is 5.56 Å². The highest BCUT2D eigenvalue weighted by Crippen LogP contribution is 2.11. The monoisotopic (exact) mass is 443 g/mol. The van der Waals surface area contributed by atoms with Crippen molar-refractivity contribution in [2.45, 2.75) is 19.5 Å². The lowest BCUT2D eigenvalue weighted by atomic mass is 10.2. The van der Waals surface area contributed by atoms with Gasteiger partial charge in [-0.05, 0) is 42.5 Å². The van der Waals surface area contributed by atoms with Gasteiger partial charge in [0, 0.05) is 23.9 Å². The second kappa shape index (κ2) is 9.73. The first-order chi connectivity index (χ1) is 16.0. The Bertz CT molecular complexity index is 1430. The molecule has 2 heterocycles. The van der Waals surface area contributed by atoms with E-state index in [2.05, 4.69) is 20.7 Å². The number of benzene rings is 2. The Hall–Kier alpha value is -4.53. The number of pyridine rings is 1. The number of aromatic amines is 1. The molecule has 0 spiro atoms. The largest absolute Gasteiger partial charge is 0.346 e. The standard InChI is InChI=1S/C24H21N5O4/c30-21(11-13-29-24(33)20-10-2-1-9-19(20)23(32)28-29)27-17-8-5-6-16(14-17)22(31)26-15-18-7-3-4-12-25-18/h1-10,12,14H,11,13,15H2,(H,26,31)(H,27,30)(H,28,32). The van der Waals surface area contributed by atoms with E-state index in [1.807, 2.05) is 12.1 Å². The molecule has 0 aliphatic heterocycles. The van der Waals surface area contributed by atoms with Crippen LogP contribution in [-0.2, 0) is 17.9 Å². The summed E-state index contributed by atoms with van der Waals surface area (Å²) in [5, 5.41) is 8.60. The molecule has 4 rings (SSSR count). The van der Waals surface area contributed by atoms with Gasteiger partial charge in [0.05, 0.1) is 29.6 Å². The van der Waals surface area contributed by atoms with E-state index in [-0.39, 0.29) is 36.9 Å². The van der Waals surface area contributed by atoms with Crippen LogP contribution in [-0.4, -0.2) is 26.6 Å². The van der Waals surface area contributed by atoms with Crippen molar-refractivity contribution >= 4 is 28.3 Å². The minimum Gasteiger partial charge on any atom is -0.346 e. The van der Waals surface area contributed by atoms with Crippen LogP contribution in [0.3, 0.4) is 0 Å². The first-order valence-electron chi connectivity index (χ1n) is 10.3. The third-order valence-electron chi connectivity index (χ3n) is 5.01. The van der Waals surface area contributed by atoms with Gasteiger partial charge in [-0.25, -0.2) is 4.68 Å². The van der Waals surface area contributed by atoms with E-state index >= 15 is 0 Å². The molecule has 0 saturated heterocycles. The van der Waals surface area contributed by atoms with Gasteiger partial charge in [0.15, 0.2) is 0 Å². The van der Waals surface area contributed by atoms with Crippen LogP contribution in [0.4, 0.5) is 5.69 Å². The van der Waals surface area contributed by atoms with Gasteiger partial charge in [-0.1, -0.05) is 24.3 Å². The third-order valence-corrected chi connectivity index (χ3v) is 5.01. The number of anilines is 1. The molecule has 4 aromatic rings. The van der Waals surface area contributed by atoms with Crippen LogP contribution in [0.1, 0.15) is 22.5 Å². The normalized spacial score (nSPS) is 10.7. The highest BCUT2D eigenvalue weighted by Gasteiger charge is 2.11. The number of nitrogens with one attached hydrogen (secondary N) is 3. The van der Waals surface area contributed by atoms with Gasteiger partial charge < -0.3 is 10.6 Å². The number of aryl methyl sites for hydroxylation is 1. The number of aromatic nitrogens is 3. The number of carbonyl (C=O) groups is 2. The van der Waals surface area contributed by atoms with E-state index in [1.54, 1.807) is 60.8 Å². The predicted octanol–water partition coefficient (Wildman–Crippen LogP) is 2.04. The molecule has 0 bridgehead atoms. The summed E-state index contributed by atoms with van der Waals surface area (Å²) in [7, 11) is 0. The molecule has 9 heteroatoms. The van der Waals surface area contributed by atoms with E-state index in [4.69, 9.17) is 0 Å². The van der Waals surface area contributed by atoms with Crippen molar-refractivity contribution in [2.24, 2.45) is 0 Å². The number of fused-ring (bicyclic) bond motifs is 1. The van der Waals surface area contributed by atoms with E-state index in [0.29, 0.717) is 22.0 Å². The predicted molar refractivity (Wildman–Crippen MR) is 124 cm³/mol. The molecule has 2 aromatic heterocycles. The van der Waals surface area contributed by atoms with E-state index in [9.17, 15) is 19.2 Å². The SMILES string of the molecule is O=C(CCn1[nH]c(=O)c2ccccc2c1=O)Nc1cccc(C(=O)NCc2ccccn2)c1. The molecule has 166 valence electrons. The molecule has 0 aliphatic carbocycles. The van der Waals surface area contributed by atoms with Gasteiger partial charge in [-0.2, -0.15) is 0 Å². The summed E-state index contributed by atoms with van der Waals surface area (Å²) in [5.74, 6) is -0.654. The summed E-state index contributed by atoms with van der Waals surface area (Å²) in [5.41, 5.74) is 0.806. The fourth-order valence-electron chi connectivity index (χ4n) is 3.35. The minimum atomic E-state index is -0.393. The summed E-state index contributed by atoms with van der Waals surface area (Å²) >= 11 is 0. The molecule has 2 aromatic carbocycles. The minimum absolute atomic E-state index is 0.00892. The van der Waals surface area contributed by atoms with Crippen molar-refractivity contribution in [1.29, 1.82) is 0 Å². The molecular weight excluding hydrogens is 422 g/mol. The summed E-state index contributed by atoms with van der Waals surface area (Å²) < 4.78 is 1.13. The van der Waals surface area contributed by atoms with Crippen LogP contribution in [0.15, 0.2) is 82.5 Å². The first kappa shape index (κ1) is 21.7. The zero-order valence-electron chi connectivity index (χ0n) is 17.6. The third kappa shape index (κ3) is 5.21. The van der Waals surface area contributed by atoms with Crippen molar-refractivity contribution in [3.8, 4) is 0 Å². The van der Waals surface area contributed by atoms with Crippen molar-refractivity contribution in [1.82, 2.24) is 20.1 Å². The Morgan fingerprint density at radius 3 is 2.52 bits per heavy atom. The maximum atomic E-state index is 12.5. The number of rotatable bonds is 7. The van der Waals surface area contributed by atoms with Crippen molar-refractivity contribution in [3.05, 3.63) is 105 Å². The average molecular weight is 443 g/mol. The first-order valence-corrected chi connectivity index (χ1v) is 10.3. The summed E-state index contributed by atoms with van der Waals surface area (Å²) in [4.78, 5) is 53.7. The van der Waals surface area contributed by atoms with Crippen LogP contribution in [0.5, 0.6) is 0 Å². The van der Waals surface area contributed by atoms with Crippen molar-refractivity contribution < 1.29 is 9.59 Å². The summed E-state index contributed by atoms with van der Waals surface area (Å²) in [6.45, 7) is 0.296. The van der Waals surface area contributed by atoms with Crippen LogP contribution in [0, 0.1) is 0 Å². The topological polar surface area (TPSA) is 126 Å². The smallest absolute Gasteiger partial charge is 0.273 e. The summed E-state index contributed by atoms with van der Waals surface area (Å²) in [6.07, 6.45) is 1.61. The summed E-state index contributed by atoms with van der Waals surface area (Å²) in [6, 6.07) is 18.5. The van der Waals surface area contributed by atoms with Gasteiger partial charge in [0.2, 0.25) is 5.91 Å². The van der Waals surface area contributed by atoms with E-state index in [1.165, 1.54) is 0 Å². The van der Waals surface area contributed by atoms with Crippen molar-refractivity contribution in [3.63, 3.8) is 0 Å². The lowest BCUT2D eigenvalue weighted by Gasteiger charge is -2.10. The number of amides is 2. The Morgan fingerprint density at radius 2 is 1.73 bits per heavy atom. The molecular formula is C24H21N5O4. The fraction of sp³-hybridized carbons (Fsp3) is 0.125. The maximum Gasteiger partial charge on any atom is 0.273 e. The fourth-order valence-corrected chi connectivity index (χ4v) is 3.35. The lowest BCUT2D eigenvalue weighted by molar-refractivity contribution is -0.116. The van der Waals surface area contributed by atoms with Gasteiger partial charge in [-0.3, -0.25) is 29.3 Å². The number of hydrogen-bond donors (Lipinski definition) is 3. The molecule has 0 aliphatic rings. The number of H-pyrrole nitrogens is 1. The number of carbonyl (C=O) groups excluding carboxylic acids is 2. The van der Waals surface area contributed by atoms with Gasteiger partial charge >= 0.3 is 0 Å². The van der Waals surface area contributed by atoms with Crippen LogP contribution in [0.2, 0.25) is 0 Å². The number of hydrogen-bond acceptors (Lipinski definition) is 5. The molecule has 33 heavy (non-hydrogen) atoms. The molecule has 0 saturated carbocycles. The molecule has 0 radical (unpaired) electrons. The van der Waals surface area contributed by atoms with Crippen LogP contribution in [0.25, 0.3) is 10.8 Å². The second-order valence-electron chi connectivity index (χ2n) is 7.33. The highest BCUT2D eigenvalue weighted by molar-refractivity contribution is 5.97. The molecule has 2 amide bonds. The number of nitrogens with zero attached hydrogens (tertiary/aromatic N) is 2. The maximum absolute atomic E-state index is 12.5. The van der Waals surface area contributed by atoms with Crippen molar-refractivity contribution in [2.75, 3.05) is 5.32 Å².